The van der Waals surface area contributed by atoms with Crippen LogP contribution in [0.15, 0.2) is 0 Å². The highest BCUT2D eigenvalue weighted by atomic mass is 16.5. The van der Waals surface area contributed by atoms with Crippen molar-refractivity contribution in [3.63, 3.8) is 0 Å². The van der Waals surface area contributed by atoms with Crippen molar-refractivity contribution in [3.8, 4) is 0 Å². The van der Waals surface area contributed by atoms with Gasteiger partial charge in [-0.25, -0.2) is 0 Å². The molecule has 1 fully saturated rings. The number of nitrogens with one attached hydrogen (secondary N) is 1. The minimum atomic E-state index is 0.390. The van der Waals surface area contributed by atoms with Crippen LogP contribution in [-0.2, 0) is 4.74 Å². The third kappa shape index (κ3) is 4.04. The highest BCUT2D eigenvalue weighted by Crippen LogP contribution is 2.25. The topological polar surface area (TPSA) is 24.5 Å². The third-order valence-electron chi connectivity index (χ3n) is 3.62. The summed E-state index contributed by atoms with van der Waals surface area (Å²) in [6, 6.07) is 0.632. The van der Waals surface area contributed by atoms with Crippen LogP contribution in [0.3, 0.4) is 0 Å². The second kappa shape index (κ2) is 6.58. The molecule has 1 aliphatic heterocycles. The lowest BCUT2D eigenvalue weighted by molar-refractivity contribution is 0.117. The SMILES string of the molecule is CCCC(C)(CNC)CN(C)C1CCOC1. The summed E-state index contributed by atoms with van der Waals surface area (Å²) in [7, 11) is 4.29. The second-order valence-electron chi connectivity index (χ2n) is 5.52. The summed E-state index contributed by atoms with van der Waals surface area (Å²) in [4.78, 5) is 2.49. The summed E-state index contributed by atoms with van der Waals surface area (Å²) in [6.45, 7) is 8.77. The number of rotatable bonds is 7. The lowest BCUT2D eigenvalue weighted by Crippen LogP contribution is -2.44. The molecular formula is C13H28N2O. The molecule has 0 aliphatic carbocycles. The Morgan fingerprint density at radius 1 is 1.50 bits per heavy atom. The minimum Gasteiger partial charge on any atom is -0.380 e. The van der Waals surface area contributed by atoms with Crippen molar-refractivity contribution in [2.75, 3.05) is 40.4 Å². The molecule has 0 aromatic heterocycles. The Kier molecular flexibility index (Phi) is 5.73. The number of nitrogens with zero attached hydrogens (tertiary/aromatic N) is 1. The van der Waals surface area contributed by atoms with Crippen molar-refractivity contribution in [3.05, 3.63) is 0 Å². The van der Waals surface area contributed by atoms with Gasteiger partial charge < -0.3 is 15.0 Å². The molecule has 1 saturated heterocycles. The lowest BCUT2D eigenvalue weighted by atomic mass is 9.84. The summed E-state index contributed by atoms with van der Waals surface area (Å²) in [5, 5.41) is 3.33. The van der Waals surface area contributed by atoms with Crippen LogP contribution < -0.4 is 5.32 Å². The van der Waals surface area contributed by atoms with Crippen LogP contribution in [0.25, 0.3) is 0 Å². The van der Waals surface area contributed by atoms with E-state index < -0.39 is 0 Å². The fourth-order valence-corrected chi connectivity index (χ4v) is 2.85. The van der Waals surface area contributed by atoms with Gasteiger partial charge in [0.25, 0.3) is 0 Å². The first kappa shape index (κ1) is 13.9. The zero-order valence-corrected chi connectivity index (χ0v) is 11.4. The van der Waals surface area contributed by atoms with Gasteiger partial charge in [0.2, 0.25) is 0 Å². The minimum absolute atomic E-state index is 0.390. The van der Waals surface area contributed by atoms with E-state index in [1.807, 2.05) is 7.05 Å². The average Bonchev–Trinajstić information content (AvgIpc) is 2.70. The zero-order chi connectivity index (χ0) is 12.0. The van der Waals surface area contributed by atoms with Gasteiger partial charge in [0.15, 0.2) is 0 Å². The molecule has 0 bridgehead atoms. The van der Waals surface area contributed by atoms with Gasteiger partial charge in [-0.05, 0) is 32.4 Å². The molecule has 16 heavy (non-hydrogen) atoms. The Hall–Kier alpha value is -0.120. The van der Waals surface area contributed by atoms with Gasteiger partial charge in [-0.3, -0.25) is 0 Å². The molecule has 2 atom stereocenters. The third-order valence-corrected chi connectivity index (χ3v) is 3.62. The van der Waals surface area contributed by atoms with Gasteiger partial charge in [0.1, 0.15) is 0 Å². The van der Waals surface area contributed by atoms with E-state index in [-0.39, 0.29) is 0 Å². The molecule has 1 aliphatic rings. The number of ether oxygens (including phenoxy) is 1. The fourth-order valence-electron chi connectivity index (χ4n) is 2.85. The summed E-state index contributed by atoms with van der Waals surface area (Å²) in [5.74, 6) is 0. The first-order valence-electron chi connectivity index (χ1n) is 6.54. The molecule has 0 aromatic rings. The van der Waals surface area contributed by atoms with Gasteiger partial charge in [-0.15, -0.1) is 0 Å². The molecule has 96 valence electrons. The van der Waals surface area contributed by atoms with E-state index in [1.165, 1.54) is 19.3 Å². The second-order valence-corrected chi connectivity index (χ2v) is 5.52. The summed E-state index contributed by atoms with van der Waals surface area (Å²) >= 11 is 0. The van der Waals surface area contributed by atoms with Crippen molar-refractivity contribution in [1.29, 1.82) is 0 Å². The van der Waals surface area contributed by atoms with Crippen LogP contribution in [-0.4, -0.2) is 51.3 Å². The average molecular weight is 228 g/mol. The fraction of sp³-hybridized carbons (Fsp3) is 1.00. The van der Waals surface area contributed by atoms with Gasteiger partial charge in [-0.1, -0.05) is 20.3 Å². The Balaban J connectivity index is 2.45. The zero-order valence-electron chi connectivity index (χ0n) is 11.4. The molecule has 1 N–H and O–H groups in total. The van der Waals surface area contributed by atoms with E-state index in [9.17, 15) is 0 Å². The van der Waals surface area contributed by atoms with Crippen LogP contribution in [0.1, 0.15) is 33.1 Å². The van der Waals surface area contributed by atoms with Crippen LogP contribution in [0.4, 0.5) is 0 Å². The van der Waals surface area contributed by atoms with Gasteiger partial charge in [0.05, 0.1) is 6.61 Å². The molecule has 3 nitrogen and oxygen atoms in total. The van der Waals surface area contributed by atoms with Crippen molar-refractivity contribution >= 4 is 0 Å². The normalized spacial score (nSPS) is 24.9. The van der Waals surface area contributed by atoms with Crippen molar-refractivity contribution in [2.24, 2.45) is 5.41 Å². The first-order chi connectivity index (χ1) is 7.61. The van der Waals surface area contributed by atoms with E-state index in [1.54, 1.807) is 0 Å². The summed E-state index contributed by atoms with van der Waals surface area (Å²) < 4.78 is 5.46. The van der Waals surface area contributed by atoms with E-state index in [0.29, 0.717) is 11.5 Å². The smallest absolute Gasteiger partial charge is 0.0622 e. The van der Waals surface area contributed by atoms with Gasteiger partial charge >= 0.3 is 0 Å². The van der Waals surface area contributed by atoms with Crippen molar-refractivity contribution < 1.29 is 4.74 Å². The van der Waals surface area contributed by atoms with Crippen molar-refractivity contribution in [1.82, 2.24) is 10.2 Å². The molecule has 1 rings (SSSR count). The van der Waals surface area contributed by atoms with Crippen LogP contribution in [0.2, 0.25) is 0 Å². The molecule has 0 aromatic carbocycles. The molecule has 0 saturated carbocycles. The van der Waals surface area contributed by atoms with Crippen LogP contribution in [0, 0.1) is 5.41 Å². The maximum Gasteiger partial charge on any atom is 0.0622 e. The molecule has 1 heterocycles. The van der Waals surface area contributed by atoms with Gasteiger partial charge in [0, 0.05) is 25.7 Å². The molecule has 0 amide bonds. The Morgan fingerprint density at radius 2 is 2.25 bits per heavy atom. The van der Waals surface area contributed by atoms with E-state index >= 15 is 0 Å². The Morgan fingerprint density at radius 3 is 2.75 bits per heavy atom. The monoisotopic (exact) mass is 228 g/mol. The predicted molar refractivity (Wildman–Crippen MR) is 68.8 cm³/mol. The standard InChI is InChI=1S/C13H28N2O/c1-5-7-13(2,10-14-3)11-15(4)12-6-8-16-9-12/h12,14H,5-11H2,1-4H3. The molecule has 2 unspecified atom stereocenters. The largest absolute Gasteiger partial charge is 0.380 e. The highest BCUT2D eigenvalue weighted by Gasteiger charge is 2.28. The molecule has 0 radical (unpaired) electrons. The van der Waals surface area contributed by atoms with Crippen LogP contribution >= 0.6 is 0 Å². The molecule has 3 heteroatoms. The number of hydrogen-bond acceptors (Lipinski definition) is 3. The highest BCUT2D eigenvalue weighted by molar-refractivity contribution is 4.83. The van der Waals surface area contributed by atoms with Crippen molar-refractivity contribution in [2.45, 2.75) is 39.2 Å². The maximum absolute atomic E-state index is 5.46. The predicted octanol–water partition coefficient (Wildman–Crippen LogP) is 1.73. The summed E-state index contributed by atoms with van der Waals surface area (Å²) in [6.07, 6.45) is 3.73. The van der Waals surface area contributed by atoms with Gasteiger partial charge in [-0.2, -0.15) is 0 Å². The van der Waals surface area contributed by atoms with E-state index in [0.717, 1.165) is 26.3 Å². The number of hydrogen-bond donors (Lipinski definition) is 1. The first-order valence-corrected chi connectivity index (χ1v) is 6.54. The van der Waals surface area contributed by atoms with E-state index in [2.05, 4.69) is 31.1 Å². The molecular weight excluding hydrogens is 200 g/mol. The van der Waals surface area contributed by atoms with E-state index in [4.69, 9.17) is 4.74 Å². The molecule has 0 spiro atoms. The Bertz CT molecular complexity index is 184. The number of likely N-dealkylation sites (N-methyl/N-ethyl adjacent to an activating group) is 1. The lowest BCUT2D eigenvalue weighted by Gasteiger charge is -2.36. The quantitative estimate of drug-likeness (QED) is 0.718. The van der Waals surface area contributed by atoms with Crippen LogP contribution in [0.5, 0.6) is 0 Å². The Labute approximate surface area is 101 Å². The summed E-state index contributed by atoms with van der Waals surface area (Å²) in [5.41, 5.74) is 0.390. The maximum atomic E-state index is 5.46.